The van der Waals surface area contributed by atoms with Gasteiger partial charge in [-0.2, -0.15) is 5.10 Å². The molecule has 0 amide bonds. The lowest BCUT2D eigenvalue weighted by molar-refractivity contribution is 0.267. The predicted molar refractivity (Wildman–Crippen MR) is 71.5 cm³/mol. The van der Waals surface area contributed by atoms with Crippen LogP contribution in [0, 0.1) is 11.8 Å². The molecule has 0 radical (unpaired) electrons. The van der Waals surface area contributed by atoms with Crippen LogP contribution in [0.5, 0.6) is 0 Å². The van der Waals surface area contributed by atoms with Crippen molar-refractivity contribution in [3.8, 4) is 0 Å². The molecule has 1 fully saturated rings. The highest BCUT2D eigenvalue weighted by Crippen LogP contribution is 2.27. The van der Waals surface area contributed by atoms with Gasteiger partial charge in [0.15, 0.2) is 0 Å². The minimum Gasteiger partial charge on any atom is -0.316 e. The number of hydrogen-bond acceptors (Lipinski definition) is 2. The molecule has 3 nitrogen and oxygen atoms in total. The number of halogens is 1. The summed E-state index contributed by atoms with van der Waals surface area (Å²) in [6.45, 7) is 8.88. The summed E-state index contributed by atoms with van der Waals surface area (Å²) in [6, 6.07) is 0.379. The Hall–Kier alpha value is -0.540. The SMILES string of the molecule is CC1CCNCC1Cc1c(Cl)cnn1C(C)C. The van der Waals surface area contributed by atoms with Gasteiger partial charge in [-0.1, -0.05) is 18.5 Å². The molecule has 1 aromatic rings. The molecular weight excluding hydrogens is 234 g/mol. The lowest BCUT2D eigenvalue weighted by Gasteiger charge is -2.30. The molecule has 17 heavy (non-hydrogen) atoms. The summed E-state index contributed by atoms with van der Waals surface area (Å²) in [5.41, 5.74) is 1.20. The predicted octanol–water partition coefficient (Wildman–Crippen LogP) is 2.91. The summed E-state index contributed by atoms with van der Waals surface area (Å²) in [6.07, 6.45) is 4.07. The van der Waals surface area contributed by atoms with Gasteiger partial charge < -0.3 is 5.32 Å². The summed E-state index contributed by atoms with van der Waals surface area (Å²) in [7, 11) is 0. The fourth-order valence-corrected chi connectivity index (χ4v) is 2.79. The number of aromatic nitrogens is 2. The molecule has 0 bridgehead atoms. The molecule has 2 atom stereocenters. The van der Waals surface area contributed by atoms with Gasteiger partial charge >= 0.3 is 0 Å². The van der Waals surface area contributed by atoms with Crippen LogP contribution in [-0.2, 0) is 6.42 Å². The van der Waals surface area contributed by atoms with E-state index in [0.717, 1.165) is 30.5 Å². The first-order chi connectivity index (χ1) is 8.09. The molecule has 0 spiro atoms. The molecule has 0 aromatic carbocycles. The third-order valence-corrected chi connectivity index (χ3v) is 4.10. The summed E-state index contributed by atoms with van der Waals surface area (Å²) < 4.78 is 2.06. The highest BCUT2D eigenvalue weighted by Gasteiger charge is 2.24. The average molecular weight is 256 g/mol. The van der Waals surface area contributed by atoms with E-state index in [9.17, 15) is 0 Å². The van der Waals surface area contributed by atoms with E-state index in [2.05, 4.69) is 35.9 Å². The van der Waals surface area contributed by atoms with Crippen molar-refractivity contribution in [1.29, 1.82) is 0 Å². The Bertz CT molecular complexity index is 373. The molecule has 1 aliphatic heterocycles. The minimum absolute atomic E-state index is 0.379. The highest BCUT2D eigenvalue weighted by atomic mass is 35.5. The molecule has 1 N–H and O–H groups in total. The standard InChI is InChI=1S/C13H22ClN3/c1-9(2)17-13(12(14)8-16-17)6-11-7-15-5-4-10(11)3/h8-11,15H,4-7H2,1-3H3. The summed E-state index contributed by atoms with van der Waals surface area (Å²) in [5.74, 6) is 1.44. The maximum absolute atomic E-state index is 6.25. The molecular formula is C13H22ClN3. The van der Waals surface area contributed by atoms with Crippen LogP contribution >= 0.6 is 11.6 Å². The van der Waals surface area contributed by atoms with E-state index in [-0.39, 0.29) is 0 Å². The Kier molecular flexibility index (Phi) is 4.10. The molecule has 2 rings (SSSR count). The van der Waals surface area contributed by atoms with Crippen molar-refractivity contribution in [1.82, 2.24) is 15.1 Å². The van der Waals surface area contributed by atoms with Crippen LogP contribution in [0.4, 0.5) is 0 Å². The quantitative estimate of drug-likeness (QED) is 0.900. The molecule has 0 aliphatic carbocycles. The van der Waals surface area contributed by atoms with Gasteiger partial charge in [-0.05, 0) is 51.6 Å². The zero-order valence-electron chi connectivity index (χ0n) is 10.9. The highest BCUT2D eigenvalue weighted by molar-refractivity contribution is 6.31. The van der Waals surface area contributed by atoms with E-state index in [0.29, 0.717) is 12.0 Å². The molecule has 4 heteroatoms. The Balaban J connectivity index is 2.14. The fraction of sp³-hybridized carbons (Fsp3) is 0.769. The smallest absolute Gasteiger partial charge is 0.0818 e. The van der Waals surface area contributed by atoms with E-state index in [1.165, 1.54) is 12.1 Å². The van der Waals surface area contributed by atoms with Crippen LogP contribution in [0.1, 0.15) is 38.9 Å². The first-order valence-electron chi connectivity index (χ1n) is 6.52. The van der Waals surface area contributed by atoms with Crippen LogP contribution in [0.2, 0.25) is 5.02 Å². The number of piperidine rings is 1. The van der Waals surface area contributed by atoms with Crippen molar-refractivity contribution in [3.05, 3.63) is 16.9 Å². The van der Waals surface area contributed by atoms with E-state index < -0.39 is 0 Å². The van der Waals surface area contributed by atoms with Crippen LogP contribution in [0.15, 0.2) is 6.20 Å². The lowest BCUT2D eigenvalue weighted by Crippen LogP contribution is -2.36. The molecule has 0 saturated carbocycles. The van der Waals surface area contributed by atoms with E-state index in [1.807, 2.05) is 0 Å². The number of rotatable bonds is 3. The lowest BCUT2D eigenvalue weighted by atomic mass is 9.85. The van der Waals surface area contributed by atoms with Gasteiger partial charge in [-0.3, -0.25) is 4.68 Å². The molecule has 1 saturated heterocycles. The zero-order valence-corrected chi connectivity index (χ0v) is 11.7. The van der Waals surface area contributed by atoms with Crippen molar-refractivity contribution in [2.45, 2.75) is 39.7 Å². The number of hydrogen-bond donors (Lipinski definition) is 1. The van der Waals surface area contributed by atoms with Crippen molar-refractivity contribution in [3.63, 3.8) is 0 Å². The molecule has 2 heterocycles. The van der Waals surface area contributed by atoms with Gasteiger partial charge in [0.25, 0.3) is 0 Å². The second-order valence-corrected chi connectivity index (χ2v) is 5.82. The Morgan fingerprint density at radius 2 is 2.35 bits per heavy atom. The Morgan fingerprint density at radius 3 is 3.00 bits per heavy atom. The number of nitrogens with one attached hydrogen (secondary N) is 1. The first kappa shape index (κ1) is 12.9. The topological polar surface area (TPSA) is 29.9 Å². The maximum Gasteiger partial charge on any atom is 0.0818 e. The monoisotopic (exact) mass is 255 g/mol. The van der Waals surface area contributed by atoms with Gasteiger partial charge in [0.1, 0.15) is 0 Å². The van der Waals surface area contributed by atoms with Crippen molar-refractivity contribution >= 4 is 11.6 Å². The van der Waals surface area contributed by atoms with Gasteiger partial charge in [-0.25, -0.2) is 0 Å². The average Bonchev–Trinajstić information content (AvgIpc) is 2.64. The first-order valence-corrected chi connectivity index (χ1v) is 6.90. The largest absolute Gasteiger partial charge is 0.316 e. The van der Waals surface area contributed by atoms with Crippen LogP contribution in [-0.4, -0.2) is 22.9 Å². The van der Waals surface area contributed by atoms with Crippen molar-refractivity contribution in [2.24, 2.45) is 11.8 Å². The van der Waals surface area contributed by atoms with Crippen LogP contribution in [0.3, 0.4) is 0 Å². The zero-order chi connectivity index (χ0) is 12.4. The number of nitrogens with zero attached hydrogens (tertiary/aromatic N) is 2. The summed E-state index contributed by atoms with van der Waals surface area (Å²) in [5, 5.41) is 8.66. The molecule has 96 valence electrons. The van der Waals surface area contributed by atoms with Crippen molar-refractivity contribution < 1.29 is 0 Å². The van der Waals surface area contributed by atoms with Crippen LogP contribution in [0.25, 0.3) is 0 Å². The van der Waals surface area contributed by atoms with Crippen molar-refractivity contribution in [2.75, 3.05) is 13.1 Å². The van der Waals surface area contributed by atoms with E-state index >= 15 is 0 Å². The van der Waals surface area contributed by atoms with Gasteiger partial charge in [0, 0.05) is 6.04 Å². The minimum atomic E-state index is 0.379. The second kappa shape index (κ2) is 5.40. The van der Waals surface area contributed by atoms with Crippen LogP contribution < -0.4 is 5.32 Å². The molecule has 1 aliphatic rings. The third-order valence-electron chi connectivity index (χ3n) is 3.78. The van der Waals surface area contributed by atoms with Gasteiger partial charge in [0.2, 0.25) is 0 Å². The normalized spacial score (nSPS) is 25.5. The fourth-order valence-electron chi connectivity index (χ4n) is 2.58. The Morgan fingerprint density at radius 1 is 1.59 bits per heavy atom. The van der Waals surface area contributed by atoms with Gasteiger partial charge in [-0.15, -0.1) is 0 Å². The molecule has 1 aromatic heterocycles. The van der Waals surface area contributed by atoms with E-state index in [1.54, 1.807) is 6.20 Å². The summed E-state index contributed by atoms with van der Waals surface area (Å²) in [4.78, 5) is 0. The van der Waals surface area contributed by atoms with Gasteiger partial charge in [0.05, 0.1) is 16.9 Å². The maximum atomic E-state index is 6.25. The Labute approximate surface area is 109 Å². The summed E-state index contributed by atoms with van der Waals surface area (Å²) >= 11 is 6.25. The van der Waals surface area contributed by atoms with E-state index in [4.69, 9.17) is 11.6 Å². The third kappa shape index (κ3) is 2.83. The second-order valence-electron chi connectivity index (χ2n) is 5.41. The molecule has 2 unspecified atom stereocenters.